The Morgan fingerprint density at radius 3 is 1.48 bits per heavy atom. The minimum Gasteiger partial charge on any atom is -0.321 e. The maximum atomic E-state index is 2.52. The van der Waals surface area contributed by atoms with Crippen LogP contribution in [0.25, 0.3) is 0 Å². The van der Waals surface area contributed by atoms with Gasteiger partial charge in [0.15, 0.2) is 0 Å². The van der Waals surface area contributed by atoms with Crippen LogP contribution in [0, 0.1) is 6.92 Å². The highest BCUT2D eigenvalue weighted by Gasteiger charge is 2.22. The van der Waals surface area contributed by atoms with Crippen LogP contribution in [0.4, 0.5) is 0 Å². The minimum absolute atomic E-state index is 1.20. The molecule has 0 bridgehead atoms. The van der Waals surface area contributed by atoms with Crippen LogP contribution >= 0.6 is 0 Å². The van der Waals surface area contributed by atoms with E-state index in [4.69, 9.17) is 0 Å². The molecule has 0 fully saturated rings. The number of aryl methyl sites for hydroxylation is 2. The second-order valence-corrected chi connectivity index (χ2v) is 10.1. The van der Waals surface area contributed by atoms with Gasteiger partial charge in [-0.15, -0.1) is 0 Å². The molecule has 0 aliphatic carbocycles. The fourth-order valence-electron chi connectivity index (χ4n) is 4.94. The summed E-state index contributed by atoms with van der Waals surface area (Å²) in [6.07, 6.45) is 21.4. The number of rotatable bonds is 20. The van der Waals surface area contributed by atoms with E-state index in [-0.39, 0.29) is 0 Å². The third-order valence-electron chi connectivity index (χ3n) is 7.75. The van der Waals surface area contributed by atoms with Gasteiger partial charge in [-0.1, -0.05) is 103 Å². The second kappa shape index (κ2) is 17.7. The molecule has 1 aromatic rings. The Hall–Kier alpha value is -0.820. The Labute approximate surface area is 196 Å². The Bertz CT molecular complexity index is 535. The van der Waals surface area contributed by atoms with Crippen LogP contribution in [0.1, 0.15) is 134 Å². The van der Waals surface area contributed by atoms with Gasteiger partial charge in [0.1, 0.15) is 6.54 Å². The molecule has 180 valence electrons. The Balaban J connectivity index is 2.15. The Morgan fingerprint density at radius 1 is 0.581 bits per heavy atom. The zero-order valence-corrected chi connectivity index (χ0v) is 22.1. The number of nitrogens with zero attached hydrogens (tertiary/aromatic N) is 1. The predicted octanol–water partition coefficient (Wildman–Crippen LogP) is 9.40. The molecule has 0 aromatic heterocycles. The van der Waals surface area contributed by atoms with Crippen molar-refractivity contribution in [2.75, 3.05) is 19.6 Å². The van der Waals surface area contributed by atoms with Gasteiger partial charge in [-0.3, -0.25) is 0 Å². The van der Waals surface area contributed by atoms with E-state index in [2.05, 4.69) is 52.8 Å². The molecule has 0 atom stereocenters. The highest BCUT2D eigenvalue weighted by molar-refractivity contribution is 5.30. The lowest BCUT2D eigenvalue weighted by atomic mass is 9.99. The summed E-state index contributed by atoms with van der Waals surface area (Å²) in [6, 6.07) is 7.26. The number of quaternary nitrogens is 1. The van der Waals surface area contributed by atoms with Gasteiger partial charge in [0, 0.05) is 5.56 Å². The van der Waals surface area contributed by atoms with Crippen molar-refractivity contribution in [2.24, 2.45) is 0 Å². The fourth-order valence-corrected chi connectivity index (χ4v) is 4.94. The van der Waals surface area contributed by atoms with E-state index in [0.29, 0.717) is 0 Å². The first-order valence-electron chi connectivity index (χ1n) is 14.0. The van der Waals surface area contributed by atoms with Crippen LogP contribution < -0.4 is 0 Å². The number of unbranched alkanes of at least 4 members (excludes halogenated alkanes) is 13. The number of hydrogen-bond acceptors (Lipinski definition) is 0. The van der Waals surface area contributed by atoms with Crippen LogP contribution in [-0.4, -0.2) is 24.1 Å². The second-order valence-electron chi connectivity index (χ2n) is 10.1. The normalized spacial score (nSPS) is 11.9. The molecule has 1 rings (SSSR count). The first-order chi connectivity index (χ1) is 15.1. The molecule has 0 unspecified atom stereocenters. The molecule has 0 saturated heterocycles. The SMILES string of the molecule is CCCCCCCCCCCCCCCCc1ccc(C)c(C[N+](CC)(CC)CC)c1. The summed E-state index contributed by atoms with van der Waals surface area (Å²) < 4.78 is 1.21. The molecule has 1 aromatic carbocycles. The smallest absolute Gasteiger partial charge is 0.105 e. The minimum atomic E-state index is 1.20. The maximum Gasteiger partial charge on any atom is 0.105 e. The molecule has 0 radical (unpaired) electrons. The lowest BCUT2D eigenvalue weighted by Crippen LogP contribution is -2.46. The van der Waals surface area contributed by atoms with Gasteiger partial charge in [0.05, 0.1) is 19.6 Å². The summed E-state index contributed by atoms with van der Waals surface area (Å²) in [5, 5.41) is 0. The average molecular weight is 431 g/mol. The molecular formula is C30H56N+. The lowest BCUT2D eigenvalue weighted by molar-refractivity contribution is -0.936. The van der Waals surface area contributed by atoms with Crippen molar-refractivity contribution in [1.82, 2.24) is 0 Å². The van der Waals surface area contributed by atoms with E-state index in [1.165, 1.54) is 133 Å². The monoisotopic (exact) mass is 430 g/mol. The summed E-state index contributed by atoms with van der Waals surface area (Å²) in [5.74, 6) is 0. The van der Waals surface area contributed by atoms with Crippen molar-refractivity contribution in [2.45, 2.75) is 137 Å². The quantitative estimate of drug-likeness (QED) is 0.143. The average Bonchev–Trinajstić information content (AvgIpc) is 2.79. The lowest BCUT2D eigenvalue weighted by Gasteiger charge is -2.36. The van der Waals surface area contributed by atoms with Gasteiger partial charge in [-0.25, -0.2) is 0 Å². The Morgan fingerprint density at radius 2 is 1.03 bits per heavy atom. The van der Waals surface area contributed by atoms with Gasteiger partial charge < -0.3 is 4.48 Å². The van der Waals surface area contributed by atoms with Crippen LogP contribution in [0.15, 0.2) is 18.2 Å². The van der Waals surface area contributed by atoms with Crippen molar-refractivity contribution in [3.05, 3.63) is 34.9 Å². The first kappa shape index (κ1) is 28.2. The van der Waals surface area contributed by atoms with Gasteiger partial charge in [0.25, 0.3) is 0 Å². The Kier molecular flexibility index (Phi) is 16.1. The molecule has 0 heterocycles. The van der Waals surface area contributed by atoms with Crippen molar-refractivity contribution in [3.8, 4) is 0 Å². The number of hydrogen-bond donors (Lipinski definition) is 0. The fraction of sp³-hybridized carbons (Fsp3) is 0.800. The zero-order valence-electron chi connectivity index (χ0n) is 22.1. The van der Waals surface area contributed by atoms with E-state index >= 15 is 0 Å². The standard InChI is InChI=1S/C30H56N/c1-6-10-11-12-13-14-15-16-17-18-19-20-21-22-23-29-25-24-28(5)30(26-29)27-31(7-2,8-3)9-4/h24-26H,6-23,27H2,1-5H3/q+1. The van der Waals surface area contributed by atoms with E-state index in [9.17, 15) is 0 Å². The van der Waals surface area contributed by atoms with Gasteiger partial charge in [0.2, 0.25) is 0 Å². The topological polar surface area (TPSA) is 0 Å². The van der Waals surface area contributed by atoms with E-state index in [0.717, 1.165) is 0 Å². The molecule has 0 aliphatic heterocycles. The molecule has 1 heteroatoms. The predicted molar refractivity (Wildman–Crippen MR) is 141 cm³/mol. The molecule has 0 aliphatic rings. The van der Waals surface area contributed by atoms with Crippen molar-refractivity contribution in [1.29, 1.82) is 0 Å². The molecule has 0 saturated carbocycles. The van der Waals surface area contributed by atoms with E-state index in [1.807, 2.05) is 0 Å². The van der Waals surface area contributed by atoms with Crippen LogP contribution in [0.3, 0.4) is 0 Å². The highest BCUT2D eigenvalue weighted by Crippen LogP contribution is 2.20. The largest absolute Gasteiger partial charge is 0.321 e. The molecule has 0 N–H and O–H groups in total. The zero-order chi connectivity index (χ0) is 22.8. The summed E-state index contributed by atoms with van der Waals surface area (Å²) in [5.41, 5.74) is 4.61. The van der Waals surface area contributed by atoms with Crippen molar-refractivity contribution >= 4 is 0 Å². The summed E-state index contributed by atoms with van der Waals surface area (Å²) in [7, 11) is 0. The van der Waals surface area contributed by atoms with Crippen LogP contribution in [0.2, 0.25) is 0 Å². The first-order valence-corrected chi connectivity index (χ1v) is 14.0. The molecule has 1 nitrogen and oxygen atoms in total. The highest BCUT2D eigenvalue weighted by atomic mass is 15.3. The summed E-state index contributed by atoms with van der Waals surface area (Å²) >= 11 is 0. The molecular weight excluding hydrogens is 374 g/mol. The molecule has 0 amide bonds. The van der Waals surface area contributed by atoms with Gasteiger partial charge in [-0.05, 0) is 57.7 Å². The van der Waals surface area contributed by atoms with Gasteiger partial charge in [-0.2, -0.15) is 0 Å². The number of benzene rings is 1. The van der Waals surface area contributed by atoms with Gasteiger partial charge >= 0.3 is 0 Å². The third-order valence-corrected chi connectivity index (χ3v) is 7.75. The van der Waals surface area contributed by atoms with Crippen LogP contribution in [-0.2, 0) is 13.0 Å². The maximum absolute atomic E-state index is 2.52. The summed E-state index contributed by atoms with van der Waals surface area (Å²) in [6.45, 7) is 16.5. The van der Waals surface area contributed by atoms with Crippen molar-refractivity contribution < 1.29 is 4.48 Å². The molecule has 0 spiro atoms. The van der Waals surface area contributed by atoms with Crippen molar-refractivity contribution in [3.63, 3.8) is 0 Å². The van der Waals surface area contributed by atoms with E-state index < -0.39 is 0 Å². The third kappa shape index (κ3) is 12.1. The van der Waals surface area contributed by atoms with Crippen LogP contribution in [0.5, 0.6) is 0 Å². The summed E-state index contributed by atoms with van der Waals surface area (Å²) in [4.78, 5) is 0. The van der Waals surface area contributed by atoms with E-state index in [1.54, 1.807) is 11.1 Å². The molecule has 31 heavy (non-hydrogen) atoms.